The molecule has 0 aromatic heterocycles. The van der Waals surface area contributed by atoms with Gasteiger partial charge in [-0.25, -0.2) is 16.8 Å². The van der Waals surface area contributed by atoms with Gasteiger partial charge in [-0.1, -0.05) is 80.1 Å². The SMILES string of the molecule is C=C(/C=C(\C(OS(=O)(=O)C(F)(F)S(=O)(=O)NS(=O)(=O)C(F)(F)F)=C(/C)C1CCCCC1)C1CCCCC1)C1CCCCC1. The van der Waals surface area contributed by atoms with E-state index >= 15 is 8.78 Å². The van der Waals surface area contributed by atoms with Crippen molar-refractivity contribution in [3.8, 4) is 0 Å². The summed E-state index contributed by atoms with van der Waals surface area (Å²) in [4.78, 5) is 0. The third kappa shape index (κ3) is 8.40. The molecule has 43 heavy (non-hydrogen) atoms. The molecule has 16 heteroatoms. The summed E-state index contributed by atoms with van der Waals surface area (Å²) < 4.78 is 141. The first-order valence-electron chi connectivity index (χ1n) is 14.6. The Bertz CT molecular complexity index is 1400. The number of allylic oxidation sites excluding steroid dienone is 4. The summed E-state index contributed by atoms with van der Waals surface area (Å²) in [6, 6.07) is 0. The van der Waals surface area contributed by atoms with Crippen LogP contribution in [0, 0.1) is 17.8 Å². The van der Waals surface area contributed by atoms with E-state index < -0.39 is 46.0 Å². The second-order valence-electron chi connectivity index (χ2n) is 11.7. The molecule has 248 valence electrons. The van der Waals surface area contributed by atoms with Crippen molar-refractivity contribution in [2.24, 2.45) is 17.8 Å². The molecule has 3 rings (SSSR count). The lowest BCUT2D eigenvalue weighted by atomic mass is 9.77. The molecule has 0 unspecified atom stereocenters. The lowest BCUT2D eigenvalue weighted by molar-refractivity contribution is -0.0441. The number of halogens is 5. The van der Waals surface area contributed by atoms with Gasteiger partial charge in [-0.3, -0.25) is 0 Å². The molecule has 8 nitrogen and oxygen atoms in total. The van der Waals surface area contributed by atoms with E-state index in [1.807, 2.05) is 0 Å². The van der Waals surface area contributed by atoms with Gasteiger partial charge in [0.05, 0.1) is 0 Å². The molecule has 0 radical (unpaired) electrons. The van der Waals surface area contributed by atoms with Gasteiger partial charge >= 0.3 is 40.3 Å². The first-order valence-corrected chi connectivity index (χ1v) is 19.0. The van der Waals surface area contributed by atoms with E-state index in [0.717, 1.165) is 70.6 Å². The van der Waals surface area contributed by atoms with Gasteiger partial charge in [-0.2, -0.15) is 30.4 Å². The third-order valence-electron chi connectivity index (χ3n) is 8.67. The lowest BCUT2D eigenvalue weighted by Crippen LogP contribution is -2.50. The van der Waals surface area contributed by atoms with Crippen molar-refractivity contribution in [2.45, 2.75) is 113 Å². The fourth-order valence-electron chi connectivity index (χ4n) is 6.17. The van der Waals surface area contributed by atoms with Crippen molar-refractivity contribution >= 4 is 30.2 Å². The first kappa shape index (κ1) is 36.0. The zero-order chi connectivity index (χ0) is 32.3. The van der Waals surface area contributed by atoms with Crippen LogP contribution in [-0.4, -0.2) is 35.3 Å². The predicted molar refractivity (Wildman–Crippen MR) is 152 cm³/mol. The van der Waals surface area contributed by atoms with Crippen molar-refractivity contribution in [3.63, 3.8) is 0 Å². The van der Waals surface area contributed by atoms with Gasteiger partial charge in [0, 0.05) is 0 Å². The van der Waals surface area contributed by atoms with Gasteiger partial charge in [-0.05, 0) is 74.3 Å². The highest BCUT2D eigenvalue weighted by Crippen LogP contribution is 2.43. The van der Waals surface area contributed by atoms with Crippen LogP contribution in [0.3, 0.4) is 0 Å². The largest absolute Gasteiger partial charge is 0.512 e. The van der Waals surface area contributed by atoms with Crippen LogP contribution >= 0.6 is 0 Å². The molecule has 0 spiro atoms. The molecule has 0 saturated heterocycles. The Labute approximate surface area is 251 Å². The van der Waals surface area contributed by atoms with Crippen LogP contribution in [0.1, 0.15) is 103 Å². The van der Waals surface area contributed by atoms with E-state index in [2.05, 4.69) is 6.58 Å². The van der Waals surface area contributed by atoms with Crippen LogP contribution in [0.2, 0.25) is 0 Å². The van der Waals surface area contributed by atoms with Crippen molar-refractivity contribution in [1.29, 1.82) is 0 Å². The van der Waals surface area contributed by atoms with Gasteiger partial charge in [0.25, 0.3) is 0 Å². The topological polar surface area (TPSA) is 124 Å². The van der Waals surface area contributed by atoms with E-state index in [9.17, 15) is 38.4 Å². The molecule has 0 bridgehead atoms. The number of alkyl halides is 5. The Balaban J connectivity index is 2.14. The van der Waals surface area contributed by atoms with Crippen LogP contribution < -0.4 is 4.13 Å². The van der Waals surface area contributed by atoms with Gasteiger partial charge in [-0.15, -0.1) is 0 Å². The number of nitrogens with one attached hydrogen (secondary N) is 1. The highest BCUT2D eigenvalue weighted by atomic mass is 32.3. The zero-order valence-corrected chi connectivity index (χ0v) is 26.5. The maximum absolute atomic E-state index is 15.2. The lowest BCUT2D eigenvalue weighted by Gasteiger charge is -2.31. The molecule has 3 aliphatic rings. The minimum absolute atomic E-state index is 0.0683. The minimum Gasteiger partial charge on any atom is -0.377 e. The van der Waals surface area contributed by atoms with E-state index in [1.54, 1.807) is 6.08 Å². The van der Waals surface area contributed by atoms with E-state index in [4.69, 9.17) is 4.18 Å². The number of hydrogen-bond donors (Lipinski definition) is 1. The maximum atomic E-state index is 15.2. The molecule has 0 aromatic rings. The quantitative estimate of drug-likeness (QED) is 0.106. The Morgan fingerprint density at radius 1 is 0.698 bits per heavy atom. The number of hydrogen-bond acceptors (Lipinski definition) is 7. The molecule has 3 saturated carbocycles. The molecule has 1 N–H and O–H groups in total. The average Bonchev–Trinajstić information content (AvgIpc) is 2.94. The summed E-state index contributed by atoms with van der Waals surface area (Å²) >= 11 is 0. The highest BCUT2D eigenvalue weighted by Gasteiger charge is 2.64. The van der Waals surface area contributed by atoms with Crippen LogP contribution in [-0.2, 0) is 34.3 Å². The van der Waals surface area contributed by atoms with E-state index in [1.165, 1.54) is 6.92 Å². The standard InChI is InChI=1S/C27H40F5NO7S3/c1-19(21-12-6-3-7-13-21)18-24(23-16-10-5-11-17-23)25(20(2)22-14-8-4-9-15-22)40-43(38,39)27(31,32)42(36,37)33-41(34,35)26(28,29)30/h18,21-23,33H,1,3-17H2,2H3/b24-18-,25-20-. The molecular weight excluding hydrogens is 641 g/mol. The molecule has 3 fully saturated rings. The van der Waals surface area contributed by atoms with Crippen LogP contribution in [0.15, 0.2) is 35.1 Å². The van der Waals surface area contributed by atoms with Gasteiger partial charge < -0.3 is 4.18 Å². The Hall–Kier alpha value is -1.52. The van der Waals surface area contributed by atoms with Crippen LogP contribution in [0.4, 0.5) is 22.0 Å². The van der Waals surface area contributed by atoms with Crippen molar-refractivity contribution in [1.82, 2.24) is 4.13 Å². The summed E-state index contributed by atoms with van der Waals surface area (Å²) in [5, 5.41) is 0. The summed E-state index contributed by atoms with van der Waals surface area (Å²) in [5.74, 6) is -1.00. The summed E-state index contributed by atoms with van der Waals surface area (Å²) in [5.41, 5.74) is -5.06. The normalized spacial score (nSPS) is 22.2. The van der Waals surface area contributed by atoms with E-state index in [0.29, 0.717) is 36.8 Å². The number of rotatable bonds is 11. The predicted octanol–water partition coefficient (Wildman–Crippen LogP) is 7.15. The molecule has 0 aromatic carbocycles. The minimum atomic E-state index is -7.01. The average molecular weight is 682 g/mol. The summed E-state index contributed by atoms with van der Waals surface area (Å²) in [6.45, 7) is 5.71. The smallest absolute Gasteiger partial charge is 0.377 e. The van der Waals surface area contributed by atoms with Gasteiger partial charge in [0.1, 0.15) is 5.76 Å². The van der Waals surface area contributed by atoms with Gasteiger partial charge in [0.2, 0.25) is 0 Å². The molecule has 3 aliphatic carbocycles. The number of sulfonamides is 2. The first-order chi connectivity index (χ1) is 19.8. The Morgan fingerprint density at radius 3 is 1.56 bits per heavy atom. The molecule has 0 heterocycles. The third-order valence-corrected chi connectivity index (χ3v) is 13.9. The van der Waals surface area contributed by atoms with Crippen LogP contribution in [0.25, 0.3) is 0 Å². The second kappa shape index (κ2) is 13.9. The Morgan fingerprint density at radius 2 is 1.12 bits per heavy atom. The molecule has 0 atom stereocenters. The van der Waals surface area contributed by atoms with Gasteiger partial charge in [0.15, 0.2) is 0 Å². The maximum Gasteiger partial charge on any atom is 0.512 e. The highest BCUT2D eigenvalue weighted by molar-refractivity contribution is 8.12. The van der Waals surface area contributed by atoms with Crippen LogP contribution in [0.5, 0.6) is 0 Å². The van der Waals surface area contributed by atoms with Crippen molar-refractivity contribution < 1.29 is 51.4 Å². The summed E-state index contributed by atoms with van der Waals surface area (Å²) in [6.07, 6.45) is 13.6. The molecule has 0 aliphatic heterocycles. The van der Waals surface area contributed by atoms with Crippen molar-refractivity contribution in [3.05, 3.63) is 35.1 Å². The fraction of sp³-hybridized carbons (Fsp3) is 0.778. The monoisotopic (exact) mass is 681 g/mol. The molecular formula is C27H40F5NO7S3. The van der Waals surface area contributed by atoms with E-state index in [-0.39, 0.29) is 27.5 Å². The fourth-order valence-corrected chi connectivity index (χ4v) is 10.1. The summed E-state index contributed by atoms with van der Waals surface area (Å²) in [7, 11) is -20.5. The van der Waals surface area contributed by atoms with Crippen molar-refractivity contribution in [2.75, 3.05) is 0 Å². The zero-order valence-electron chi connectivity index (χ0n) is 24.1. The Kier molecular flexibility index (Phi) is 11.6. The second-order valence-corrected chi connectivity index (χ2v) is 17.2. The molecule has 0 amide bonds.